The lowest BCUT2D eigenvalue weighted by atomic mass is 9.72. The number of ether oxygens (including phenoxy) is 2. The summed E-state index contributed by atoms with van der Waals surface area (Å²) in [7, 11) is 2.88. The van der Waals surface area contributed by atoms with Crippen molar-refractivity contribution in [3.05, 3.63) is 87.4 Å². The summed E-state index contributed by atoms with van der Waals surface area (Å²) in [5, 5.41) is 28.5. The van der Waals surface area contributed by atoms with E-state index in [1.165, 1.54) is 7.11 Å². The van der Waals surface area contributed by atoms with E-state index in [1.807, 2.05) is 55.5 Å². The molecule has 0 radical (unpaired) electrons. The number of nitrogens with zero attached hydrogens (tertiary/aromatic N) is 2. The van der Waals surface area contributed by atoms with Gasteiger partial charge in [-0.25, -0.2) is 4.98 Å². The Kier molecular flexibility index (Phi) is 11.0. The quantitative estimate of drug-likeness (QED) is 0.0917. The predicted molar refractivity (Wildman–Crippen MR) is 192 cm³/mol. The van der Waals surface area contributed by atoms with Gasteiger partial charge in [0.1, 0.15) is 5.82 Å². The van der Waals surface area contributed by atoms with Crippen LogP contribution in [-0.4, -0.2) is 59.1 Å². The van der Waals surface area contributed by atoms with Gasteiger partial charge in [0.15, 0.2) is 0 Å². The zero-order chi connectivity index (χ0) is 37.2. The maximum atomic E-state index is 14.3. The Morgan fingerprint density at radius 3 is 2.33 bits per heavy atom. The first-order valence-electron chi connectivity index (χ1n) is 17.0. The van der Waals surface area contributed by atoms with E-state index in [-0.39, 0.29) is 23.8 Å². The van der Waals surface area contributed by atoms with Crippen LogP contribution in [0, 0.1) is 5.92 Å². The Hall–Kier alpha value is -4.43. The van der Waals surface area contributed by atoms with Gasteiger partial charge in [-0.2, -0.15) is 18.2 Å². The standard InChI is InChI=1S/C38H41ClF3N5O5/c1-37(50)15-21(16-37)17-43-18-22-10-12-31(46-35(22)51-2)28-9-5-8-27(33(28)39)24-6-4-7-26-25(24)11-13-30(26)45-34-29(38(40,41)42)14-23(36(47-34)52-3)19-44-20-32(48)49/h4-10,12,14,21,30,43-44,50H,11,13,15-20H2,1-3H3,(H,45,47)(H,48,49)/t21?,30-,37?/m0/s1. The Morgan fingerprint density at radius 1 is 0.962 bits per heavy atom. The molecule has 276 valence electrons. The van der Waals surface area contributed by atoms with Gasteiger partial charge in [-0.05, 0) is 73.9 Å². The predicted octanol–water partition coefficient (Wildman–Crippen LogP) is 7.02. The third-order valence-electron chi connectivity index (χ3n) is 9.64. The fourth-order valence-corrected chi connectivity index (χ4v) is 7.63. The van der Waals surface area contributed by atoms with Crippen molar-refractivity contribution in [3.8, 4) is 34.1 Å². The van der Waals surface area contributed by atoms with Crippen molar-refractivity contribution >= 4 is 23.4 Å². The molecule has 14 heteroatoms. The molecule has 2 aliphatic rings. The van der Waals surface area contributed by atoms with Crippen molar-refractivity contribution in [1.82, 2.24) is 20.6 Å². The monoisotopic (exact) mass is 739 g/mol. The fraction of sp³-hybridized carbons (Fsp3) is 0.395. The number of carboxylic acid groups (broad SMARTS) is 1. The number of hydrogen-bond donors (Lipinski definition) is 5. The van der Waals surface area contributed by atoms with Crippen LogP contribution in [0.1, 0.15) is 60.0 Å². The number of hydrogen-bond acceptors (Lipinski definition) is 9. The van der Waals surface area contributed by atoms with Gasteiger partial charge >= 0.3 is 12.1 Å². The van der Waals surface area contributed by atoms with E-state index in [0.717, 1.165) is 53.3 Å². The van der Waals surface area contributed by atoms with Gasteiger partial charge < -0.3 is 35.6 Å². The number of aliphatic hydroxyl groups is 1. The van der Waals surface area contributed by atoms with Gasteiger partial charge in [-0.15, -0.1) is 0 Å². The summed E-state index contributed by atoms with van der Waals surface area (Å²) < 4.78 is 53.9. The topological polar surface area (TPSA) is 138 Å². The van der Waals surface area contributed by atoms with E-state index in [9.17, 15) is 23.1 Å². The Labute approximate surface area is 304 Å². The van der Waals surface area contributed by atoms with E-state index < -0.39 is 35.9 Å². The van der Waals surface area contributed by atoms with Gasteiger partial charge in [-0.1, -0.05) is 54.1 Å². The highest BCUT2D eigenvalue weighted by Gasteiger charge is 2.38. The van der Waals surface area contributed by atoms with Gasteiger partial charge in [0.05, 0.1) is 48.7 Å². The lowest BCUT2D eigenvalue weighted by Crippen LogP contribution is -2.44. The summed E-state index contributed by atoms with van der Waals surface area (Å²) >= 11 is 7.10. The maximum Gasteiger partial charge on any atom is 0.419 e. The molecule has 6 rings (SSSR count). The second-order valence-corrected chi connectivity index (χ2v) is 14.0. The molecular formula is C38H41ClF3N5O5. The number of methoxy groups -OCH3 is 2. The van der Waals surface area contributed by atoms with Gasteiger partial charge in [0.2, 0.25) is 11.8 Å². The Bertz CT molecular complexity index is 1950. The molecule has 52 heavy (non-hydrogen) atoms. The molecule has 0 saturated heterocycles. The molecule has 0 unspecified atom stereocenters. The molecule has 2 heterocycles. The van der Waals surface area contributed by atoms with Gasteiger partial charge in [0.25, 0.3) is 0 Å². The third kappa shape index (κ3) is 8.12. The average molecular weight is 740 g/mol. The highest BCUT2D eigenvalue weighted by molar-refractivity contribution is 6.36. The van der Waals surface area contributed by atoms with E-state index in [2.05, 4.69) is 20.9 Å². The van der Waals surface area contributed by atoms with E-state index in [1.54, 1.807) is 7.11 Å². The van der Waals surface area contributed by atoms with Crippen LogP contribution >= 0.6 is 11.6 Å². The molecule has 2 aromatic carbocycles. The van der Waals surface area contributed by atoms with Crippen molar-refractivity contribution in [1.29, 1.82) is 0 Å². The highest BCUT2D eigenvalue weighted by Crippen LogP contribution is 2.45. The number of rotatable bonds is 14. The number of carboxylic acids is 1. The number of carbonyl (C=O) groups is 1. The van der Waals surface area contributed by atoms with Crippen LogP contribution in [0.5, 0.6) is 11.8 Å². The van der Waals surface area contributed by atoms with Crippen molar-refractivity contribution in [2.45, 2.75) is 63.5 Å². The smallest absolute Gasteiger partial charge is 0.419 e. The summed E-state index contributed by atoms with van der Waals surface area (Å²) in [5.41, 5.74) is 4.24. The third-order valence-corrected chi connectivity index (χ3v) is 10.0. The molecule has 1 saturated carbocycles. The molecule has 10 nitrogen and oxygen atoms in total. The summed E-state index contributed by atoms with van der Waals surface area (Å²) in [6, 6.07) is 15.7. The van der Waals surface area contributed by atoms with Crippen molar-refractivity contribution < 1.29 is 37.7 Å². The molecule has 0 spiro atoms. The summed E-state index contributed by atoms with van der Waals surface area (Å²) in [5.74, 6) is -0.632. The molecule has 4 aromatic rings. The lowest BCUT2D eigenvalue weighted by molar-refractivity contribution is -0.137. The number of nitrogens with one attached hydrogen (secondary N) is 3. The molecular weight excluding hydrogens is 699 g/mol. The number of aromatic nitrogens is 2. The minimum atomic E-state index is -4.73. The maximum absolute atomic E-state index is 14.3. The van der Waals surface area contributed by atoms with Crippen LogP contribution in [0.2, 0.25) is 5.02 Å². The first-order chi connectivity index (χ1) is 24.8. The SMILES string of the molecule is COc1nc(-c2cccc(-c3cccc4c3CC[C@@H]4Nc3nc(OC)c(CNCC(=O)O)cc3C(F)(F)F)c2Cl)ccc1CNCC1CC(C)(O)C1. The van der Waals surface area contributed by atoms with Crippen molar-refractivity contribution in [2.75, 3.05) is 32.6 Å². The largest absolute Gasteiger partial charge is 0.481 e. The lowest BCUT2D eigenvalue weighted by Gasteiger charge is -2.41. The summed E-state index contributed by atoms with van der Waals surface area (Å²) in [6.45, 7) is 2.62. The molecule has 2 aromatic heterocycles. The number of halogens is 4. The second-order valence-electron chi connectivity index (χ2n) is 13.6. The first-order valence-corrected chi connectivity index (χ1v) is 17.4. The first kappa shape index (κ1) is 37.3. The number of aliphatic carboxylic acids is 1. The zero-order valence-corrected chi connectivity index (χ0v) is 29.8. The number of anilines is 1. The number of benzene rings is 2. The van der Waals surface area contributed by atoms with Crippen molar-refractivity contribution in [3.63, 3.8) is 0 Å². The second kappa shape index (κ2) is 15.3. The van der Waals surface area contributed by atoms with E-state index in [0.29, 0.717) is 47.5 Å². The van der Waals surface area contributed by atoms with Gasteiger partial charge in [-0.3, -0.25) is 4.79 Å². The molecule has 0 amide bonds. The molecule has 2 aliphatic carbocycles. The van der Waals surface area contributed by atoms with E-state index in [4.69, 9.17) is 31.2 Å². The van der Waals surface area contributed by atoms with Crippen LogP contribution in [-0.2, 0) is 30.5 Å². The Balaban J connectivity index is 1.24. The number of alkyl halides is 3. The number of pyridine rings is 2. The van der Waals surface area contributed by atoms with Crippen LogP contribution in [0.15, 0.2) is 54.6 Å². The molecule has 5 N–H and O–H groups in total. The molecule has 1 fully saturated rings. The summed E-state index contributed by atoms with van der Waals surface area (Å²) in [4.78, 5) is 19.9. The minimum absolute atomic E-state index is 0.0395. The van der Waals surface area contributed by atoms with Crippen LogP contribution in [0.25, 0.3) is 22.4 Å². The molecule has 0 bridgehead atoms. The van der Waals surface area contributed by atoms with Crippen LogP contribution in [0.3, 0.4) is 0 Å². The normalized spacial score (nSPS) is 19.5. The van der Waals surface area contributed by atoms with Crippen LogP contribution in [0.4, 0.5) is 19.0 Å². The molecule has 1 atom stereocenters. The summed E-state index contributed by atoms with van der Waals surface area (Å²) in [6.07, 6.45) is -2.07. The zero-order valence-electron chi connectivity index (χ0n) is 29.0. The van der Waals surface area contributed by atoms with Gasteiger partial charge in [0, 0.05) is 35.3 Å². The van der Waals surface area contributed by atoms with E-state index >= 15 is 0 Å². The molecule has 0 aliphatic heterocycles. The van der Waals surface area contributed by atoms with Crippen molar-refractivity contribution in [2.24, 2.45) is 5.92 Å². The average Bonchev–Trinajstić information content (AvgIpc) is 3.50. The van der Waals surface area contributed by atoms with Crippen LogP contribution < -0.4 is 25.4 Å². The Morgan fingerprint density at radius 2 is 1.63 bits per heavy atom. The minimum Gasteiger partial charge on any atom is -0.481 e. The fourth-order valence-electron chi connectivity index (χ4n) is 7.30. The number of fused-ring (bicyclic) bond motifs is 1. The highest BCUT2D eigenvalue weighted by atomic mass is 35.5.